The summed E-state index contributed by atoms with van der Waals surface area (Å²) in [6, 6.07) is 56.3. The summed E-state index contributed by atoms with van der Waals surface area (Å²) in [7, 11) is 0. The van der Waals surface area contributed by atoms with E-state index >= 15 is 0 Å². The van der Waals surface area contributed by atoms with Gasteiger partial charge < -0.3 is 9.52 Å². The van der Waals surface area contributed by atoms with Crippen molar-refractivity contribution in [1.82, 2.24) is 15.0 Å². The van der Waals surface area contributed by atoms with Crippen LogP contribution in [-0.4, -0.2) is 20.1 Å². The maximum absolute atomic E-state index is 11.6. The second-order valence-corrected chi connectivity index (χ2v) is 12.1. The molecular formula is C45H29N3O2. The molecular weight excluding hydrogens is 615 g/mol. The fourth-order valence-corrected chi connectivity index (χ4v) is 6.72. The van der Waals surface area contributed by atoms with Gasteiger partial charge in [-0.15, -0.1) is 0 Å². The molecule has 0 saturated heterocycles. The minimum Gasteiger partial charge on any atom is -0.507 e. The molecule has 9 aromatic rings. The lowest BCUT2D eigenvalue weighted by atomic mass is 9.88. The number of hydrogen-bond donors (Lipinski definition) is 1. The molecule has 1 N–H and O–H groups in total. The van der Waals surface area contributed by atoms with Crippen LogP contribution >= 0.6 is 0 Å². The van der Waals surface area contributed by atoms with Gasteiger partial charge >= 0.3 is 0 Å². The van der Waals surface area contributed by atoms with Gasteiger partial charge in [-0.3, -0.25) is 0 Å². The summed E-state index contributed by atoms with van der Waals surface area (Å²) in [5.41, 5.74) is 9.58. The van der Waals surface area contributed by atoms with Crippen molar-refractivity contribution in [3.8, 4) is 73.3 Å². The van der Waals surface area contributed by atoms with E-state index in [0.29, 0.717) is 28.6 Å². The number of phenolic OH excluding ortho intramolecular Hbond substituents is 1. The predicted octanol–water partition coefficient (Wildman–Crippen LogP) is 11.5. The first-order chi connectivity index (χ1) is 24.7. The van der Waals surface area contributed by atoms with E-state index in [0.717, 1.165) is 60.9 Å². The van der Waals surface area contributed by atoms with Gasteiger partial charge in [0.1, 0.15) is 16.9 Å². The summed E-state index contributed by atoms with van der Waals surface area (Å²) in [6.07, 6.45) is 0. The number of aromatic hydroxyl groups is 1. The van der Waals surface area contributed by atoms with E-state index in [1.807, 2.05) is 115 Å². The zero-order chi connectivity index (χ0) is 33.4. The standard InChI is InChI=1S/C45H29N3O2/c49-37-28-27-35(34-20-12-22-39-41(34)36-19-10-11-21-38(36)50-39)42(40(37)31-15-6-2-7-16-31)45-47-43(32-17-8-3-9-18-32)46-44(48-45)33-25-23-30(24-26-33)29-13-4-1-5-14-29/h1-28,49H. The van der Waals surface area contributed by atoms with Gasteiger partial charge in [0.2, 0.25) is 0 Å². The maximum Gasteiger partial charge on any atom is 0.165 e. The first-order valence-corrected chi connectivity index (χ1v) is 16.5. The number of phenols is 1. The Hall–Kier alpha value is -6.85. The van der Waals surface area contributed by atoms with E-state index in [-0.39, 0.29) is 5.75 Å². The maximum atomic E-state index is 11.6. The van der Waals surface area contributed by atoms with Gasteiger partial charge in [0.05, 0.1) is 0 Å². The first-order valence-electron chi connectivity index (χ1n) is 16.5. The van der Waals surface area contributed by atoms with Crippen LogP contribution in [0.5, 0.6) is 5.75 Å². The SMILES string of the molecule is Oc1ccc(-c2cccc3oc4ccccc4c23)c(-c2nc(-c3ccccc3)nc(-c3ccc(-c4ccccc4)cc3)n2)c1-c1ccccc1. The Morgan fingerprint density at radius 2 is 0.880 bits per heavy atom. The monoisotopic (exact) mass is 643 g/mol. The van der Waals surface area contributed by atoms with Crippen LogP contribution < -0.4 is 0 Å². The molecule has 0 atom stereocenters. The molecule has 2 heterocycles. The number of furan rings is 1. The van der Waals surface area contributed by atoms with Crippen LogP contribution in [0, 0.1) is 0 Å². The summed E-state index contributed by atoms with van der Waals surface area (Å²) in [6.45, 7) is 0. The molecule has 0 aliphatic carbocycles. The number of rotatable bonds is 6. The van der Waals surface area contributed by atoms with Crippen molar-refractivity contribution in [1.29, 1.82) is 0 Å². The molecule has 236 valence electrons. The number of nitrogens with zero attached hydrogens (tertiary/aromatic N) is 3. The van der Waals surface area contributed by atoms with E-state index in [2.05, 4.69) is 48.5 Å². The number of para-hydroxylation sites is 1. The molecule has 50 heavy (non-hydrogen) atoms. The van der Waals surface area contributed by atoms with Crippen molar-refractivity contribution in [2.45, 2.75) is 0 Å². The number of benzene rings is 7. The Bertz CT molecular complexity index is 2630. The van der Waals surface area contributed by atoms with Crippen LogP contribution in [0.1, 0.15) is 0 Å². The third-order valence-electron chi connectivity index (χ3n) is 9.08. The molecule has 0 saturated carbocycles. The third kappa shape index (κ3) is 5.18. The van der Waals surface area contributed by atoms with E-state index in [1.165, 1.54) is 0 Å². The zero-order valence-corrected chi connectivity index (χ0v) is 26.9. The minimum atomic E-state index is 0.134. The molecule has 2 aromatic heterocycles. The highest BCUT2D eigenvalue weighted by atomic mass is 16.3. The Morgan fingerprint density at radius 1 is 0.360 bits per heavy atom. The third-order valence-corrected chi connectivity index (χ3v) is 9.08. The molecule has 0 aliphatic rings. The van der Waals surface area contributed by atoms with Gasteiger partial charge in [0.25, 0.3) is 0 Å². The quantitative estimate of drug-likeness (QED) is 0.195. The van der Waals surface area contributed by atoms with E-state index in [4.69, 9.17) is 19.4 Å². The second-order valence-electron chi connectivity index (χ2n) is 12.1. The highest BCUT2D eigenvalue weighted by molar-refractivity contribution is 6.14. The molecule has 0 spiro atoms. The van der Waals surface area contributed by atoms with Gasteiger partial charge in [0, 0.05) is 33.0 Å². The molecule has 0 unspecified atom stereocenters. The predicted molar refractivity (Wildman–Crippen MR) is 201 cm³/mol. The molecule has 0 aliphatic heterocycles. The summed E-state index contributed by atoms with van der Waals surface area (Å²) < 4.78 is 6.30. The molecule has 5 heteroatoms. The van der Waals surface area contributed by atoms with Gasteiger partial charge in [-0.2, -0.15) is 0 Å². The Labute approximate surface area is 288 Å². The minimum absolute atomic E-state index is 0.134. The number of fused-ring (bicyclic) bond motifs is 3. The fourth-order valence-electron chi connectivity index (χ4n) is 6.72. The smallest absolute Gasteiger partial charge is 0.165 e. The van der Waals surface area contributed by atoms with E-state index in [9.17, 15) is 5.11 Å². The van der Waals surface area contributed by atoms with Crippen LogP contribution in [0.15, 0.2) is 174 Å². The van der Waals surface area contributed by atoms with E-state index < -0.39 is 0 Å². The van der Waals surface area contributed by atoms with Crippen molar-refractivity contribution in [3.63, 3.8) is 0 Å². The van der Waals surface area contributed by atoms with Crippen LogP contribution in [-0.2, 0) is 0 Å². The van der Waals surface area contributed by atoms with Crippen LogP contribution in [0.3, 0.4) is 0 Å². The normalized spacial score (nSPS) is 11.3. The van der Waals surface area contributed by atoms with Gasteiger partial charge in [-0.1, -0.05) is 146 Å². The van der Waals surface area contributed by atoms with Crippen LogP contribution in [0.4, 0.5) is 0 Å². The van der Waals surface area contributed by atoms with Crippen molar-refractivity contribution in [2.24, 2.45) is 0 Å². The molecule has 5 nitrogen and oxygen atoms in total. The van der Waals surface area contributed by atoms with Gasteiger partial charge in [-0.25, -0.2) is 15.0 Å². The summed E-state index contributed by atoms with van der Waals surface area (Å²) >= 11 is 0. The number of aromatic nitrogens is 3. The van der Waals surface area contributed by atoms with Crippen molar-refractivity contribution < 1.29 is 9.52 Å². The first kappa shape index (κ1) is 29.3. The summed E-state index contributed by atoms with van der Waals surface area (Å²) in [5.74, 6) is 1.66. The Morgan fingerprint density at radius 3 is 1.58 bits per heavy atom. The molecule has 0 bridgehead atoms. The largest absolute Gasteiger partial charge is 0.507 e. The fraction of sp³-hybridized carbons (Fsp3) is 0. The highest BCUT2D eigenvalue weighted by Gasteiger charge is 2.24. The van der Waals surface area contributed by atoms with Gasteiger partial charge in [0.15, 0.2) is 17.5 Å². The van der Waals surface area contributed by atoms with Gasteiger partial charge in [-0.05, 0) is 52.1 Å². The van der Waals surface area contributed by atoms with Crippen molar-refractivity contribution in [3.05, 3.63) is 170 Å². The lowest BCUT2D eigenvalue weighted by Gasteiger charge is -2.18. The average molecular weight is 644 g/mol. The average Bonchev–Trinajstić information content (AvgIpc) is 3.58. The summed E-state index contributed by atoms with van der Waals surface area (Å²) in [4.78, 5) is 15.4. The summed E-state index contributed by atoms with van der Waals surface area (Å²) in [5, 5.41) is 13.6. The molecule has 0 amide bonds. The topological polar surface area (TPSA) is 72.0 Å². The number of hydrogen-bond acceptors (Lipinski definition) is 5. The van der Waals surface area contributed by atoms with Crippen molar-refractivity contribution in [2.75, 3.05) is 0 Å². The zero-order valence-electron chi connectivity index (χ0n) is 26.9. The molecule has 0 fully saturated rings. The lowest BCUT2D eigenvalue weighted by Crippen LogP contribution is -2.02. The Kier molecular flexibility index (Phi) is 7.21. The highest BCUT2D eigenvalue weighted by Crippen LogP contribution is 2.47. The van der Waals surface area contributed by atoms with Crippen LogP contribution in [0.25, 0.3) is 89.5 Å². The molecule has 0 radical (unpaired) electrons. The van der Waals surface area contributed by atoms with Crippen LogP contribution in [0.2, 0.25) is 0 Å². The Balaban J connectivity index is 1.34. The van der Waals surface area contributed by atoms with E-state index in [1.54, 1.807) is 6.07 Å². The molecule has 9 rings (SSSR count). The molecule has 7 aromatic carbocycles. The van der Waals surface area contributed by atoms with Crippen molar-refractivity contribution >= 4 is 21.9 Å². The lowest BCUT2D eigenvalue weighted by molar-refractivity contribution is 0.477. The second kappa shape index (κ2) is 12.3.